The predicted molar refractivity (Wildman–Crippen MR) is 83.2 cm³/mol. The van der Waals surface area contributed by atoms with Gasteiger partial charge >= 0.3 is 0 Å². The molecule has 0 aliphatic carbocycles. The van der Waals surface area contributed by atoms with Crippen LogP contribution in [0.5, 0.6) is 0 Å². The lowest BCUT2D eigenvalue weighted by Crippen LogP contribution is -1.98. The Balaban J connectivity index is 2.11. The second kappa shape index (κ2) is 6.60. The minimum absolute atomic E-state index is 0.311. The molecule has 0 saturated heterocycles. The SMILES string of the molecule is CC[C@H](O)c1ccc(Sc2ccc(S(C)(=O)=O)cc2)cn1. The fourth-order valence-corrected chi connectivity index (χ4v) is 3.17. The van der Waals surface area contributed by atoms with Crippen molar-refractivity contribution in [3.63, 3.8) is 0 Å². The van der Waals surface area contributed by atoms with Gasteiger partial charge < -0.3 is 5.11 Å². The Labute approximate surface area is 129 Å². The Morgan fingerprint density at radius 2 is 1.76 bits per heavy atom. The highest BCUT2D eigenvalue weighted by atomic mass is 32.2. The van der Waals surface area contributed by atoms with E-state index in [1.54, 1.807) is 36.5 Å². The quantitative estimate of drug-likeness (QED) is 0.916. The van der Waals surface area contributed by atoms with Gasteiger partial charge in [-0.15, -0.1) is 0 Å². The van der Waals surface area contributed by atoms with Crippen LogP contribution in [0.3, 0.4) is 0 Å². The van der Waals surface area contributed by atoms with Crippen LogP contribution in [0.2, 0.25) is 0 Å². The average molecular weight is 323 g/mol. The molecule has 0 bridgehead atoms. The molecule has 0 unspecified atom stereocenters. The van der Waals surface area contributed by atoms with Crippen molar-refractivity contribution in [3.05, 3.63) is 48.3 Å². The molecule has 0 amide bonds. The lowest BCUT2D eigenvalue weighted by atomic mass is 10.2. The molecule has 2 aromatic rings. The smallest absolute Gasteiger partial charge is 0.175 e. The lowest BCUT2D eigenvalue weighted by molar-refractivity contribution is 0.169. The highest BCUT2D eigenvalue weighted by Gasteiger charge is 2.08. The van der Waals surface area contributed by atoms with Crippen molar-refractivity contribution in [3.8, 4) is 0 Å². The van der Waals surface area contributed by atoms with Gasteiger partial charge in [-0.05, 0) is 42.8 Å². The Bertz CT molecular complexity index is 695. The fraction of sp³-hybridized carbons (Fsp3) is 0.267. The van der Waals surface area contributed by atoms with Gasteiger partial charge in [0.1, 0.15) is 0 Å². The van der Waals surface area contributed by atoms with E-state index in [0.29, 0.717) is 17.0 Å². The summed E-state index contributed by atoms with van der Waals surface area (Å²) in [6.45, 7) is 1.90. The number of hydrogen-bond acceptors (Lipinski definition) is 5. The first-order valence-electron chi connectivity index (χ1n) is 6.52. The van der Waals surface area contributed by atoms with Gasteiger partial charge in [0.2, 0.25) is 0 Å². The standard InChI is InChI=1S/C15H17NO3S2/c1-3-15(17)14-9-6-12(10-16-14)20-11-4-7-13(8-5-11)21(2,18)19/h4-10,15,17H,3H2,1-2H3/t15-/m0/s1. The molecule has 0 radical (unpaired) electrons. The molecule has 0 saturated carbocycles. The molecule has 112 valence electrons. The molecule has 1 N–H and O–H groups in total. The summed E-state index contributed by atoms with van der Waals surface area (Å²) in [5.74, 6) is 0. The Hall–Kier alpha value is -1.37. The zero-order valence-electron chi connectivity index (χ0n) is 11.9. The van der Waals surface area contributed by atoms with E-state index in [-0.39, 0.29) is 0 Å². The lowest BCUT2D eigenvalue weighted by Gasteiger charge is -2.08. The Morgan fingerprint density at radius 3 is 2.24 bits per heavy atom. The maximum atomic E-state index is 11.4. The molecule has 1 atom stereocenters. The maximum absolute atomic E-state index is 11.4. The number of hydrogen-bond donors (Lipinski definition) is 1. The zero-order valence-corrected chi connectivity index (χ0v) is 13.5. The summed E-state index contributed by atoms with van der Waals surface area (Å²) in [5, 5.41) is 9.69. The molecule has 0 fully saturated rings. The van der Waals surface area contributed by atoms with Crippen molar-refractivity contribution in [1.82, 2.24) is 4.98 Å². The topological polar surface area (TPSA) is 67.3 Å². The van der Waals surface area contributed by atoms with Gasteiger partial charge in [0.25, 0.3) is 0 Å². The van der Waals surface area contributed by atoms with E-state index in [1.165, 1.54) is 18.0 Å². The number of aliphatic hydroxyl groups excluding tert-OH is 1. The van der Waals surface area contributed by atoms with E-state index in [4.69, 9.17) is 0 Å². The minimum atomic E-state index is -3.16. The van der Waals surface area contributed by atoms with Crippen LogP contribution in [0.4, 0.5) is 0 Å². The summed E-state index contributed by atoms with van der Waals surface area (Å²) in [7, 11) is -3.16. The van der Waals surface area contributed by atoms with Gasteiger partial charge in [0.15, 0.2) is 9.84 Å². The van der Waals surface area contributed by atoms with Crippen LogP contribution in [0.25, 0.3) is 0 Å². The number of sulfone groups is 1. The van der Waals surface area contributed by atoms with Crippen LogP contribution in [-0.2, 0) is 9.84 Å². The van der Waals surface area contributed by atoms with E-state index >= 15 is 0 Å². The summed E-state index contributed by atoms with van der Waals surface area (Å²) in [6.07, 6.45) is 3.00. The third kappa shape index (κ3) is 4.30. The molecule has 0 aliphatic heterocycles. The first kappa shape index (κ1) is 16.0. The first-order valence-corrected chi connectivity index (χ1v) is 9.23. The van der Waals surface area contributed by atoms with E-state index in [0.717, 1.165) is 9.79 Å². The third-order valence-corrected chi connectivity index (χ3v) is 5.09. The van der Waals surface area contributed by atoms with Crippen LogP contribution >= 0.6 is 11.8 Å². The zero-order chi connectivity index (χ0) is 15.5. The van der Waals surface area contributed by atoms with E-state index in [2.05, 4.69) is 4.98 Å². The highest BCUT2D eigenvalue weighted by molar-refractivity contribution is 7.99. The van der Waals surface area contributed by atoms with Gasteiger partial charge in [-0.2, -0.15) is 0 Å². The number of aliphatic hydroxyl groups is 1. The van der Waals surface area contributed by atoms with Crippen LogP contribution in [0, 0.1) is 0 Å². The summed E-state index contributed by atoms with van der Waals surface area (Å²) >= 11 is 1.50. The van der Waals surface area contributed by atoms with Crippen molar-refractivity contribution >= 4 is 21.6 Å². The summed E-state index contributed by atoms with van der Waals surface area (Å²) in [5.41, 5.74) is 0.661. The summed E-state index contributed by atoms with van der Waals surface area (Å²) in [4.78, 5) is 6.42. The van der Waals surface area contributed by atoms with E-state index in [9.17, 15) is 13.5 Å². The normalized spacial score (nSPS) is 13.1. The summed E-state index contributed by atoms with van der Waals surface area (Å²) < 4.78 is 22.8. The molecule has 1 aromatic carbocycles. The molecule has 21 heavy (non-hydrogen) atoms. The highest BCUT2D eigenvalue weighted by Crippen LogP contribution is 2.28. The van der Waals surface area contributed by atoms with Crippen LogP contribution in [0.15, 0.2) is 57.3 Å². The largest absolute Gasteiger partial charge is 0.387 e. The van der Waals surface area contributed by atoms with Gasteiger partial charge in [-0.25, -0.2) is 8.42 Å². The van der Waals surface area contributed by atoms with Crippen molar-refractivity contribution < 1.29 is 13.5 Å². The molecule has 2 rings (SSSR count). The van der Waals surface area contributed by atoms with Crippen LogP contribution in [0.1, 0.15) is 25.1 Å². The number of benzene rings is 1. The molecule has 1 aromatic heterocycles. The number of aromatic nitrogens is 1. The van der Waals surface area contributed by atoms with Gasteiger partial charge in [-0.3, -0.25) is 4.98 Å². The number of nitrogens with zero attached hydrogens (tertiary/aromatic N) is 1. The molecular formula is C15H17NO3S2. The molecule has 0 aliphatic rings. The Morgan fingerprint density at radius 1 is 1.14 bits per heavy atom. The summed E-state index contributed by atoms with van der Waals surface area (Å²) in [6, 6.07) is 10.4. The molecular weight excluding hydrogens is 306 g/mol. The fourth-order valence-electron chi connectivity index (χ4n) is 1.75. The van der Waals surface area contributed by atoms with Crippen molar-refractivity contribution in [1.29, 1.82) is 0 Å². The molecule has 6 heteroatoms. The van der Waals surface area contributed by atoms with E-state index in [1.807, 2.05) is 13.0 Å². The maximum Gasteiger partial charge on any atom is 0.175 e. The van der Waals surface area contributed by atoms with Gasteiger partial charge in [-0.1, -0.05) is 18.7 Å². The van der Waals surface area contributed by atoms with Crippen molar-refractivity contribution in [2.45, 2.75) is 34.1 Å². The van der Waals surface area contributed by atoms with Crippen molar-refractivity contribution in [2.75, 3.05) is 6.26 Å². The van der Waals surface area contributed by atoms with Gasteiger partial charge in [0.05, 0.1) is 16.7 Å². The predicted octanol–water partition coefficient (Wildman–Crippen LogP) is 3.08. The minimum Gasteiger partial charge on any atom is -0.387 e. The molecule has 0 spiro atoms. The first-order chi connectivity index (χ1) is 9.90. The molecule has 1 heterocycles. The van der Waals surface area contributed by atoms with Crippen LogP contribution < -0.4 is 0 Å². The molecule has 4 nitrogen and oxygen atoms in total. The van der Waals surface area contributed by atoms with E-state index < -0.39 is 15.9 Å². The van der Waals surface area contributed by atoms with Crippen LogP contribution in [-0.4, -0.2) is 24.8 Å². The van der Waals surface area contributed by atoms with Gasteiger partial charge in [0, 0.05) is 22.2 Å². The number of rotatable bonds is 5. The second-order valence-electron chi connectivity index (χ2n) is 4.69. The third-order valence-electron chi connectivity index (χ3n) is 2.97. The van der Waals surface area contributed by atoms with Crippen molar-refractivity contribution in [2.24, 2.45) is 0 Å². The monoisotopic (exact) mass is 323 g/mol. The average Bonchev–Trinajstić information content (AvgIpc) is 2.47. The Kier molecular flexibility index (Phi) is 5.03. The number of pyridine rings is 1. The second-order valence-corrected chi connectivity index (χ2v) is 7.85.